The van der Waals surface area contributed by atoms with Gasteiger partial charge in [-0.1, -0.05) is 12.1 Å². The molecule has 1 N–H and O–H groups in total. The Balaban J connectivity index is 0.00000133. The number of para-hydroxylation sites is 1. The fourth-order valence-corrected chi connectivity index (χ4v) is 2.90. The van der Waals surface area contributed by atoms with Gasteiger partial charge in [0, 0.05) is 11.1 Å². The molecule has 0 aromatic heterocycles. The minimum Gasteiger partial charge on any atom is -1.00 e. The van der Waals surface area contributed by atoms with Crippen molar-refractivity contribution in [3.8, 4) is 16.9 Å². The van der Waals surface area contributed by atoms with Crippen LogP contribution in [0.25, 0.3) is 11.1 Å². The molecule has 19 heavy (non-hydrogen) atoms. The summed E-state index contributed by atoms with van der Waals surface area (Å²) in [6.45, 7) is 2.22. The molecule has 1 atom stereocenters. The highest BCUT2D eigenvalue weighted by molar-refractivity contribution is 5.83. The number of hydrogen-bond acceptors (Lipinski definition) is 1. The van der Waals surface area contributed by atoms with Crippen LogP contribution in [0.4, 0.5) is 5.69 Å². The number of rotatable bonds is 0. The third-order valence-corrected chi connectivity index (χ3v) is 4.27. The maximum Gasteiger partial charge on any atom is 0.140 e. The maximum atomic E-state index is 9.72. The molecule has 3 rings (SSSR count). The predicted molar refractivity (Wildman–Crippen MR) is 75.6 cm³/mol. The van der Waals surface area contributed by atoms with Gasteiger partial charge in [-0.25, -0.2) is 0 Å². The number of quaternary nitrogens is 1. The lowest BCUT2D eigenvalue weighted by Crippen LogP contribution is -3.00. The van der Waals surface area contributed by atoms with Crippen molar-refractivity contribution < 1.29 is 29.1 Å². The Morgan fingerprint density at radius 3 is 2.42 bits per heavy atom. The van der Waals surface area contributed by atoms with E-state index >= 15 is 0 Å². The first-order valence-electron chi connectivity index (χ1n) is 6.28. The molecule has 0 saturated heterocycles. The third kappa shape index (κ3) is 2.05. The minimum absolute atomic E-state index is 0. The molecule has 0 fully saturated rings. The van der Waals surface area contributed by atoms with E-state index in [0.29, 0.717) is 11.8 Å². The first-order chi connectivity index (χ1) is 8.51. The van der Waals surface area contributed by atoms with E-state index in [-0.39, 0.29) is 24.0 Å². The van der Waals surface area contributed by atoms with Crippen molar-refractivity contribution in [2.75, 3.05) is 14.1 Å². The van der Waals surface area contributed by atoms with Crippen molar-refractivity contribution in [1.82, 2.24) is 4.48 Å². The van der Waals surface area contributed by atoms with Crippen molar-refractivity contribution in [2.45, 2.75) is 13.0 Å². The molecule has 2 aromatic carbocycles. The van der Waals surface area contributed by atoms with Gasteiger partial charge in [0.05, 0.1) is 14.1 Å². The van der Waals surface area contributed by atoms with E-state index in [1.165, 1.54) is 22.4 Å². The van der Waals surface area contributed by atoms with E-state index in [0.717, 1.165) is 4.48 Å². The van der Waals surface area contributed by atoms with Crippen LogP contribution in [0, 0.1) is 0 Å². The van der Waals surface area contributed by atoms with Crippen molar-refractivity contribution in [1.29, 1.82) is 0 Å². The van der Waals surface area contributed by atoms with Crippen LogP contribution in [0.3, 0.4) is 0 Å². The SMILES string of the molecule is CC1c2cc(O)ccc2-c2ccccc2[N+]1(C)C.[I-]. The molecule has 3 heteroatoms. The summed E-state index contributed by atoms with van der Waals surface area (Å²) in [6.07, 6.45) is 0. The highest BCUT2D eigenvalue weighted by Gasteiger charge is 2.37. The number of fused-ring (bicyclic) bond motifs is 3. The summed E-state index contributed by atoms with van der Waals surface area (Å²) in [7, 11) is 4.44. The predicted octanol–water partition coefficient (Wildman–Crippen LogP) is 0.705. The fourth-order valence-electron chi connectivity index (χ4n) is 2.90. The van der Waals surface area contributed by atoms with E-state index in [2.05, 4.69) is 45.3 Å². The Morgan fingerprint density at radius 2 is 1.68 bits per heavy atom. The van der Waals surface area contributed by atoms with E-state index in [1.807, 2.05) is 12.1 Å². The van der Waals surface area contributed by atoms with Crippen LogP contribution >= 0.6 is 0 Å². The summed E-state index contributed by atoms with van der Waals surface area (Å²) >= 11 is 0. The van der Waals surface area contributed by atoms with Gasteiger partial charge >= 0.3 is 0 Å². The quantitative estimate of drug-likeness (QED) is 0.537. The van der Waals surface area contributed by atoms with E-state index in [4.69, 9.17) is 0 Å². The summed E-state index contributed by atoms with van der Waals surface area (Å²) in [6, 6.07) is 14.6. The fraction of sp³-hybridized carbons (Fsp3) is 0.250. The monoisotopic (exact) mass is 367 g/mol. The van der Waals surface area contributed by atoms with Crippen molar-refractivity contribution >= 4 is 5.69 Å². The third-order valence-electron chi connectivity index (χ3n) is 4.27. The first kappa shape index (κ1) is 14.3. The molecular weight excluding hydrogens is 349 g/mol. The zero-order chi connectivity index (χ0) is 12.9. The molecule has 0 radical (unpaired) electrons. The first-order valence-corrected chi connectivity index (χ1v) is 6.28. The smallest absolute Gasteiger partial charge is 0.140 e. The second kappa shape index (κ2) is 4.80. The van der Waals surface area contributed by atoms with Crippen LogP contribution in [0.1, 0.15) is 18.5 Å². The number of aromatic hydroxyl groups is 1. The second-order valence-electron chi connectivity index (χ2n) is 5.50. The normalized spacial score (nSPS) is 19.0. The summed E-state index contributed by atoms with van der Waals surface area (Å²) < 4.78 is 0.812. The maximum absolute atomic E-state index is 9.72. The van der Waals surface area contributed by atoms with Gasteiger partial charge in [-0.3, -0.25) is 4.48 Å². The summed E-state index contributed by atoms with van der Waals surface area (Å²) in [5, 5.41) is 9.72. The molecule has 1 aliphatic heterocycles. The molecule has 100 valence electrons. The summed E-state index contributed by atoms with van der Waals surface area (Å²) in [5.41, 5.74) is 5.07. The molecule has 0 saturated carbocycles. The highest BCUT2D eigenvalue weighted by Crippen LogP contribution is 2.47. The number of halogens is 1. The van der Waals surface area contributed by atoms with Crippen molar-refractivity contribution in [3.63, 3.8) is 0 Å². The second-order valence-corrected chi connectivity index (χ2v) is 5.50. The summed E-state index contributed by atoms with van der Waals surface area (Å²) in [4.78, 5) is 0. The van der Waals surface area contributed by atoms with E-state index in [9.17, 15) is 5.11 Å². The lowest BCUT2D eigenvalue weighted by atomic mass is 9.87. The summed E-state index contributed by atoms with van der Waals surface area (Å²) in [5.74, 6) is 0.347. The number of hydrogen-bond donors (Lipinski definition) is 1. The number of phenols is 1. The van der Waals surface area contributed by atoms with Gasteiger partial charge < -0.3 is 29.1 Å². The molecule has 1 aliphatic rings. The molecule has 0 amide bonds. The van der Waals surface area contributed by atoms with Gasteiger partial charge in [-0.05, 0) is 42.8 Å². The average Bonchev–Trinajstić information content (AvgIpc) is 2.36. The Labute approximate surface area is 131 Å². The number of benzene rings is 2. The van der Waals surface area contributed by atoms with Crippen molar-refractivity contribution in [2.24, 2.45) is 0 Å². The van der Waals surface area contributed by atoms with Gasteiger partial charge in [0.1, 0.15) is 17.5 Å². The standard InChI is InChI=1S/C16H17NO.HI/c1-11-15-10-12(18)8-9-13(15)14-6-4-5-7-16(14)17(11,2)3;/h4-11H,1-3H3;1H. The zero-order valence-electron chi connectivity index (χ0n) is 11.4. The molecule has 0 aliphatic carbocycles. The van der Waals surface area contributed by atoms with E-state index < -0.39 is 0 Å². The lowest BCUT2D eigenvalue weighted by molar-refractivity contribution is -0.00000479. The largest absolute Gasteiger partial charge is 1.00 e. The van der Waals surface area contributed by atoms with Crippen LogP contribution in [0.5, 0.6) is 5.75 Å². The molecule has 0 bridgehead atoms. The molecule has 0 spiro atoms. The molecule has 2 nitrogen and oxygen atoms in total. The lowest BCUT2D eigenvalue weighted by Gasteiger charge is -2.41. The van der Waals surface area contributed by atoms with Gasteiger partial charge in [0.2, 0.25) is 0 Å². The van der Waals surface area contributed by atoms with Crippen LogP contribution in [0.15, 0.2) is 42.5 Å². The van der Waals surface area contributed by atoms with Gasteiger partial charge in [-0.2, -0.15) is 0 Å². The average molecular weight is 367 g/mol. The molecular formula is C16H18INO. The Kier molecular flexibility index (Phi) is 3.62. The molecule has 2 aromatic rings. The topological polar surface area (TPSA) is 20.2 Å². The number of phenolic OH excluding ortho intramolecular Hbond substituents is 1. The van der Waals surface area contributed by atoms with Gasteiger partial charge in [0.15, 0.2) is 0 Å². The van der Waals surface area contributed by atoms with Crippen LogP contribution in [-0.4, -0.2) is 19.2 Å². The van der Waals surface area contributed by atoms with Crippen LogP contribution < -0.4 is 28.5 Å². The number of nitrogens with zero attached hydrogens (tertiary/aromatic N) is 1. The molecule has 1 unspecified atom stereocenters. The Morgan fingerprint density at radius 1 is 1.00 bits per heavy atom. The Hall–Kier alpha value is -1.07. The van der Waals surface area contributed by atoms with Gasteiger partial charge in [-0.15, -0.1) is 0 Å². The Bertz CT molecular complexity index is 622. The highest BCUT2D eigenvalue weighted by atomic mass is 127. The van der Waals surface area contributed by atoms with Gasteiger partial charge in [0.25, 0.3) is 0 Å². The minimum atomic E-state index is 0. The zero-order valence-corrected chi connectivity index (χ0v) is 13.5. The van der Waals surface area contributed by atoms with E-state index in [1.54, 1.807) is 6.07 Å². The van der Waals surface area contributed by atoms with Crippen molar-refractivity contribution in [3.05, 3.63) is 48.0 Å². The molecule has 1 heterocycles. The van der Waals surface area contributed by atoms with Crippen LogP contribution in [0.2, 0.25) is 0 Å². The van der Waals surface area contributed by atoms with Crippen LogP contribution in [-0.2, 0) is 0 Å².